The molecule has 12 nitrogen and oxygen atoms in total. The van der Waals surface area contributed by atoms with Gasteiger partial charge in [-0.05, 0) is 89.5 Å². The number of ether oxygens (including phenoxy) is 3. The number of Topliss-reactive ketones (excluding diaryl/α,β-unsaturated/α-hetero) is 1. The number of nitrogens with zero attached hydrogens (tertiary/aromatic N) is 2. The van der Waals surface area contributed by atoms with Crippen LogP contribution in [0.25, 0.3) is 10.8 Å². The Labute approximate surface area is 325 Å². The second kappa shape index (κ2) is 16.2. The lowest BCUT2D eigenvalue weighted by molar-refractivity contribution is -0.160. The lowest BCUT2D eigenvalue weighted by Crippen LogP contribution is -2.47. The number of allylic oxidation sites excluding steroid dienone is 2. The van der Waals surface area contributed by atoms with Crippen molar-refractivity contribution in [1.29, 1.82) is 0 Å². The molecular weight excluding hydrogens is 723 g/mol. The Kier molecular flexibility index (Phi) is 12.0. The molecule has 2 aliphatic heterocycles. The van der Waals surface area contributed by atoms with E-state index in [1.165, 1.54) is 4.90 Å². The van der Waals surface area contributed by atoms with Gasteiger partial charge in [0.1, 0.15) is 17.5 Å². The molecule has 3 fully saturated rings. The van der Waals surface area contributed by atoms with E-state index in [1.807, 2.05) is 50.3 Å². The molecule has 3 heterocycles. The van der Waals surface area contributed by atoms with Gasteiger partial charge in [-0.1, -0.05) is 51.1 Å². The molecule has 1 aromatic heterocycles. The summed E-state index contributed by atoms with van der Waals surface area (Å²) in [6, 6.07) is 6.63. The molecular formula is C42H57N3O9S. The fourth-order valence-corrected chi connectivity index (χ4v) is 9.65. The normalized spacial score (nSPS) is 29.7. The number of benzene rings is 1. The van der Waals surface area contributed by atoms with Crippen LogP contribution in [0.15, 0.2) is 42.6 Å². The van der Waals surface area contributed by atoms with Gasteiger partial charge in [-0.25, -0.2) is 13.4 Å². The molecule has 0 bridgehead atoms. The number of hydrogen-bond donors (Lipinski definition) is 1. The summed E-state index contributed by atoms with van der Waals surface area (Å²) in [5.41, 5.74) is -1.99. The van der Waals surface area contributed by atoms with E-state index in [2.05, 4.69) is 16.6 Å². The standard InChI is InChI=1S/C42H57N3O9S/c1-7-18-52-36-24-43-38(32-15-11-10-14-31(32)36)53-29-20-34-35(46)23-42(40(49)44-55(50,51)30-16-17-30)22-28(42)13-9-8-12-26(2)19-27(3)33(39(48)45(34)25-29)21-37(47)54-41(4,5)6/h9-11,13-15,24,26-30,33-34H,7-8,12,16-23,25H2,1-6H3,(H,44,49)/b13-9-/t26-,27+,28+,29+,33-,34-,42+/m0/s1. The summed E-state index contributed by atoms with van der Waals surface area (Å²) >= 11 is 0. The predicted octanol–water partition coefficient (Wildman–Crippen LogP) is 6.31. The van der Waals surface area contributed by atoms with Crippen molar-refractivity contribution in [3.8, 4) is 11.6 Å². The summed E-state index contributed by atoms with van der Waals surface area (Å²) in [6.07, 6.45) is 9.09. The van der Waals surface area contributed by atoms with Crippen LogP contribution in [0.1, 0.15) is 106 Å². The summed E-state index contributed by atoms with van der Waals surface area (Å²) < 4.78 is 46.3. The second-order valence-corrected chi connectivity index (χ2v) is 19.3. The Morgan fingerprint density at radius 1 is 1.05 bits per heavy atom. The molecule has 55 heavy (non-hydrogen) atoms. The van der Waals surface area contributed by atoms with Crippen molar-refractivity contribution in [2.45, 2.75) is 129 Å². The van der Waals surface area contributed by atoms with Crippen LogP contribution in [0.2, 0.25) is 0 Å². The first kappa shape index (κ1) is 40.7. The summed E-state index contributed by atoms with van der Waals surface area (Å²) in [5.74, 6) is -1.95. The third-order valence-corrected chi connectivity index (χ3v) is 13.3. The fraction of sp³-hybridized carbons (Fsp3) is 0.643. The molecule has 1 aromatic carbocycles. The highest BCUT2D eigenvalue weighted by atomic mass is 32.2. The van der Waals surface area contributed by atoms with Crippen molar-refractivity contribution in [2.24, 2.45) is 29.1 Å². The van der Waals surface area contributed by atoms with Crippen LogP contribution >= 0.6 is 0 Å². The minimum Gasteiger partial charge on any atom is -0.491 e. The average Bonchev–Trinajstić information content (AvgIpc) is 4.04. The molecule has 2 amide bonds. The first-order valence-electron chi connectivity index (χ1n) is 20.0. The SMILES string of the molecule is CCCOc1cnc(O[C@@H]2C[C@H]3C(=O)C[C@]4(C(=O)NS(=O)(=O)C5CC5)C[C@H]4/C=C\CC[C@H](C)C[C@@H](C)[C@H](CC(=O)OC(C)(C)C)C(=O)N3C2)c2ccccc12. The van der Waals surface area contributed by atoms with Crippen LogP contribution in [0.5, 0.6) is 11.6 Å². The van der Waals surface area contributed by atoms with Gasteiger partial charge in [-0.3, -0.25) is 23.9 Å². The van der Waals surface area contributed by atoms with E-state index >= 15 is 0 Å². The number of rotatable bonds is 10. The van der Waals surface area contributed by atoms with Gasteiger partial charge in [-0.15, -0.1) is 0 Å². The number of sulfonamides is 1. The van der Waals surface area contributed by atoms with Crippen LogP contribution in [0.4, 0.5) is 0 Å². The van der Waals surface area contributed by atoms with Gasteiger partial charge >= 0.3 is 5.97 Å². The van der Waals surface area contributed by atoms with Crippen LogP contribution < -0.4 is 14.2 Å². The molecule has 2 aromatic rings. The number of carbonyl (C=O) groups is 4. The number of carbonyl (C=O) groups excluding carboxylic acids is 4. The first-order valence-corrected chi connectivity index (χ1v) is 21.5. The summed E-state index contributed by atoms with van der Waals surface area (Å²) in [5, 5.41) is 0.953. The van der Waals surface area contributed by atoms with Gasteiger partial charge in [0.15, 0.2) is 5.78 Å². The zero-order chi connectivity index (χ0) is 39.7. The fourth-order valence-electron chi connectivity index (χ4n) is 8.27. The van der Waals surface area contributed by atoms with Crippen molar-refractivity contribution < 1.29 is 41.8 Å². The number of aromatic nitrogens is 1. The van der Waals surface area contributed by atoms with Gasteiger partial charge < -0.3 is 19.1 Å². The Morgan fingerprint density at radius 3 is 2.47 bits per heavy atom. The number of ketones is 1. The summed E-state index contributed by atoms with van der Waals surface area (Å²) in [7, 11) is -3.85. The Bertz CT molecular complexity index is 1920. The van der Waals surface area contributed by atoms with Crippen molar-refractivity contribution in [1.82, 2.24) is 14.6 Å². The molecule has 2 saturated carbocycles. The zero-order valence-electron chi connectivity index (χ0n) is 33.0. The molecule has 1 N–H and O–H groups in total. The van der Waals surface area contributed by atoms with Crippen LogP contribution in [-0.4, -0.2) is 78.0 Å². The monoisotopic (exact) mass is 779 g/mol. The minimum atomic E-state index is -3.85. The highest BCUT2D eigenvalue weighted by Gasteiger charge is 2.61. The van der Waals surface area contributed by atoms with E-state index in [0.29, 0.717) is 43.9 Å². The van der Waals surface area contributed by atoms with Gasteiger partial charge in [0, 0.05) is 23.6 Å². The van der Waals surface area contributed by atoms with Gasteiger partial charge in [0.25, 0.3) is 0 Å². The number of pyridine rings is 1. The average molecular weight is 780 g/mol. The van der Waals surface area contributed by atoms with E-state index in [4.69, 9.17) is 14.2 Å². The van der Waals surface area contributed by atoms with Crippen LogP contribution in [0, 0.1) is 29.1 Å². The van der Waals surface area contributed by atoms with E-state index in [1.54, 1.807) is 27.0 Å². The van der Waals surface area contributed by atoms with Crippen molar-refractivity contribution >= 4 is 44.4 Å². The van der Waals surface area contributed by atoms with Crippen molar-refractivity contribution in [3.05, 3.63) is 42.6 Å². The zero-order valence-corrected chi connectivity index (χ0v) is 33.9. The van der Waals surface area contributed by atoms with Crippen LogP contribution in [-0.2, 0) is 33.9 Å². The van der Waals surface area contributed by atoms with Gasteiger partial charge in [0.05, 0.1) is 48.4 Å². The smallest absolute Gasteiger partial charge is 0.307 e. The van der Waals surface area contributed by atoms with E-state index < -0.39 is 56.2 Å². The summed E-state index contributed by atoms with van der Waals surface area (Å²) in [4.78, 5) is 62.8. The van der Waals surface area contributed by atoms with Gasteiger partial charge in [-0.2, -0.15) is 0 Å². The third-order valence-electron chi connectivity index (χ3n) is 11.4. The topological polar surface area (TPSA) is 158 Å². The summed E-state index contributed by atoms with van der Waals surface area (Å²) in [6.45, 7) is 12.1. The molecule has 13 heteroatoms. The molecule has 0 unspecified atom stereocenters. The molecule has 1 saturated heterocycles. The highest BCUT2D eigenvalue weighted by Crippen LogP contribution is 2.57. The van der Waals surface area contributed by atoms with E-state index in [-0.39, 0.29) is 55.3 Å². The molecule has 7 atom stereocenters. The minimum absolute atomic E-state index is 0.0605. The van der Waals surface area contributed by atoms with Crippen LogP contribution in [0.3, 0.4) is 0 Å². The number of nitrogens with one attached hydrogen (secondary N) is 1. The first-order chi connectivity index (χ1) is 26.0. The molecule has 4 aliphatic rings. The second-order valence-electron chi connectivity index (χ2n) is 17.3. The molecule has 0 spiro atoms. The molecule has 300 valence electrons. The van der Waals surface area contributed by atoms with E-state index in [0.717, 1.165) is 30.0 Å². The third kappa shape index (κ3) is 9.52. The van der Waals surface area contributed by atoms with Crippen molar-refractivity contribution in [2.75, 3.05) is 13.2 Å². The maximum absolute atomic E-state index is 14.9. The lowest BCUT2D eigenvalue weighted by atomic mass is 9.82. The highest BCUT2D eigenvalue weighted by molar-refractivity contribution is 7.90. The maximum Gasteiger partial charge on any atom is 0.307 e. The Balaban J connectivity index is 1.34. The Morgan fingerprint density at radius 2 is 1.78 bits per heavy atom. The molecule has 0 radical (unpaired) electrons. The quantitative estimate of drug-likeness (QED) is 0.214. The number of amides is 2. The number of hydrogen-bond acceptors (Lipinski definition) is 10. The lowest BCUT2D eigenvalue weighted by Gasteiger charge is -2.32. The Hall–Kier alpha value is -4.00. The molecule has 6 rings (SSSR count). The number of esters is 1. The molecule has 2 aliphatic carbocycles. The predicted molar refractivity (Wildman–Crippen MR) is 208 cm³/mol. The number of fused-ring (bicyclic) bond motifs is 3. The largest absolute Gasteiger partial charge is 0.491 e. The van der Waals surface area contributed by atoms with Crippen molar-refractivity contribution in [3.63, 3.8) is 0 Å². The van der Waals surface area contributed by atoms with Gasteiger partial charge in [0.2, 0.25) is 27.7 Å². The van der Waals surface area contributed by atoms with E-state index in [9.17, 15) is 27.6 Å². The maximum atomic E-state index is 14.9.